The Morgan fingerprint density at radius 3 is 2.67 bits per heavy atom. The van der Waals surface area contributed by atoms with Crippen molar-refractivity contribution < 1.29 is 0 Å². The van der Waals surface area contributed by atoms with Crippen LogP contribution >= 0.6 is 22.9 Å². The molecule has 1 aliphatic carbocycles. The van der Waals surface area contributed by atoms with Crippen molar-refractivity contribution >= 4 is 34.3 Å². The Balaban J connectivity index is 1.47. The molecule has 0 bridgehead atoms. The van der Waals surface area contributed by atoms with Crippen molar-refractivity contribution in [3.63, 3.8) is 0 Å². The first-order chi connectivity index (χ1) is 10.3. The summed E-state index contributed by atoms with van der Waals surface area (Å²) in [5.41, 5.74) is 3.95. The molecule has 1 N–H and O–H groups in total. The summed E-state index contributed by atoms with van der Waals surface area (Å²) in [6.07, 6.45) is 4.97. The van der Waals surface area contributed by atoms with Crippen LogP contribution in [0, 0.1) is 0 Å². The quantitative estimate of drug-likeness (QED) is 0.846. The van der Waals surface area contributed by atoms with Crippen molar-refractivity contribution in [1.82, 2.24) is 0 Å². The minimum atomic E-state index is 0.418. The van der Waals surface area contributed by atoms with Crippen LogP contribution in [0.4, 0.5) is 11.4 Å². The lowest BCUT2D eigenvalue weighted by molar-refractivity contribution is 0.762. The van der Waals surface area contributed by atoms with Crippen LogP contribution in [0.3, 0.4) is 0 Å². The van der Waals surface area contributed by atoms with E-state index in [4.69, 9.17) is 11.6 Å². The fourth-order valence-corrected chi connectivity index (χ4v) is 4.78. The molecule has 4 rings (SSSR count). The first-order valence-corrected chi connectivity index (χ1v) is 8.89. The largest absolute Gasteiger partial charge is 0.378 e. The maximum Gasteiger partial charge on any atom is 0.0934 e. The Bertz CT molecular complexity index is 629. The molecular weight excluding hydrogens is 300 g/mol. The Morgan fingerprint density at radius 2 is 1.90 bits per heavy atom. The highest BCUT2D eigenvalue weighted by Gasteiger charge is 2.25. The minimum absolute atomic E-state index is 0.418. The highest BCUT2D eigenvalue weighted by atomic mass is 35.5. The second-order valence-corrected chi connectivity index (χ2v) is 7.67. The number of nitrogens with zero attached hydrogens (tertiary/aromatic N) is 1. The Morgan fingerprint density at radius 1 is 1.14 bits per heavy atom. The van der Waals surface area contributed by atoms with E-state index < -0.39 is 0 Å². The third kappa shape index (κ3) is 2.65. The number of thiophene rings is 1. The van der Waals surface area contributed by atoms with E-state index in [-0.39, 0.29) is 0 Å². The monoisotopic (exact) mass is 318 g/mol. The maximum absolute atomic E-state index is 6.13. The topological polar surface area (TPSA) is 15.3 Å². The zero-order chi connectivity index (χ0) is 14.2. The SMILES string of the molecule is Clc1cc2c(s1)CCC2Nc1ccc(N2CCCC2)cc1. The average molecular weight is 319 g/mol. The fourth-order valence-electron chi connectivity index (χ4n) is 3.42. The Hall–Kier alpha value is -1.19. The van der Waals surface area contributed by atoms with E-state index in [0.717, 1.165) is 10.8 Å². The van der Waals surface area contributed by atoms with Crippen LogP contribution in [0.1, 0.15) is 35.7 Å². The van der Waals surface area contributed by atoms with Gasteiger partial charge in [0.15, 0.2) is 0 Å². The van der Waals surface area contributed by atoms with Gasteiger partial charge >= 0.3 is 0 Å². The van der Waals surface area contributed by atoms with Gasteiger partial charge in [0.2, 0.25) is 0 Å². The molecule has 0 saturated carbocycles. The smallest absolute Gasteiger partial charge is 0.0934 e. The van der Waals surface area contributed by atoms with Gasteiger partial charge in [-0.05, 0) is 61.6 Å². The van der Waals surface area contributed by atoms with Gasteiger partial charge in [0.1, 0.15) is 0 Å². The summed E-state index contributed by atoms with van der Waals surface area (Å²) in [6, 6.07) is 11.4. The molecule has 1 fully saturated rings. The van der Waals surface area contributed by atoms with Gasteiger partial charge in [0, 0.05) is 29.3 Å². The summed E-state index contributed by atoms with van der Waals surface area (Å²) in [6.45, 7) is 2.40. The zero-order valence-electron chi connectivity index (χ0n) is 11.9. The van der Waals surface area contributed by atoms with E-state index in [2.05, 4.69) is 40.5 Å². The molecule has 110 valence electrons. The molecule has 1 aliphatic heterocycles. The summed E-state index contributed by atoms with van der Waals surface area (Å²) < 4.78 is 0.913. The normalized spacial score (nSPS) is 20.8. The van der Waals surface area contributed by atoms with Gasteiger partial charge in [0.05, 0.1) is 10.4 Å². The fraction of sp³-hybridized carbons (Fsp3) is 0.412. The third-order valence-electron chi connectivity index (χ3n) is 4.53. The van der Waals surface area contributed by atoms with E-state index in [9.17, 15) is 0 Å². The minimum Gasteiger partial charge on any atom is -0.378 e. The summed E-state index contributed by atoms with van der Waals surface area (Å²) in [7, 11) is 0. The van der Waals surface area contributed by atoms with Crippen molar-refractivity contribution in [2.75, 3.05) is 23.3 Å². The van der Waals surface area contributed by atoms with E-state index in [0.29, 0.717) is 6.04 Å². The molecule has 0 amide bonds. The summed E-state index contributed by atoms with van der Waals surface area (Å²) >= 11 is 7.85. The number of nitrogens with one attached hydrogen (secondary N) is 1. The predicted octanol–water partition coefficient (Wildman–Crippen LogP) is 5.10. The number of fused-ring (bicyclic) bond motifs is 1. The second kappa shape index (κ2) is 5.54. The third-order valence-corrected chi connectivity index (χ3v) is 5.87. The number of aryl methyl sites for hydroxylation is 1. The number of benzene rings is 1. The first kappa shape index (κ1) is 13.5. The van der Waals surface area contributed by atoms with E-state index in [1.165, 1.54) is 54.2 Å². The molecule has 1 saturated heterocycles. The lowest BCUT2D eigenvalue weighted by Crippen LogP contribution is -2.17. The zero-order valence-corrected chi connectivity index (χ0v) is 13.5. The van der Waals surface area contributed by atoms with Gasteiger partial charge in [-0.15, -0.1) is 11.3 Å². The first-order valence-electron chi connectivity index (χ1n) is 7.69. The van der Waals surface area contributed by atoms with Crippen LogP contribution < -0.4 is 10.2 Å². The highest BCUT2D eigenvalue weighted by molar-refractivity contribution is 7.16. The van der Waals surface area contributed by atoms with Gasteiger partial charge in [-0.2, -0.15) is 0 Å². The number of halogens is 1. The second-order valence-electron chi connectivity index (χ2n) is 5.91. The molecule has 2 heterocycles. The highest BCUT2D eigenvalue weighted by Crippen LogP contribution is 2.41. The predicted molar refractivity (Wildman–Crippen MR) is 91.9 cm³/mol. The molecule has 1 aromatic carbocycles. The van der Waals surface area contributed by atoms with Gasteiger partial charge in [-0.3, -0.25) is 0 Å². The van der Waals surface area contributed by atoms with E-state index >= 15 is 0 Å². The number of hydrogen-bond donors (Lipinski definition) is 1. The molecule has 2 nitrogen and oxygen atoms in total. The van der Waals surface area contributed by atoms with Gasteiger partial charge in [-0.25, -0.2) is 0 Å². The van der Waals surface area contributed by atoms with Gasteiger partial charge in [0.25, 0.3) is 0 Å². The molecule has 2 aliphatic rings. The summed E-state index contributed by atoms with van der Waals surface area (Å²) in [5, 5.41) is 3.66. The Labute approximate surface area is 134 Å². The molecular formula is C17H19ClN2S. The van der Waals surface area contributed by atoms with Gasteiger partial charge < -0.3 is 10.2 Å². The molecule has 4 heteroatoms. The number of hydrogen-bond acceptors (Lipinski definition) is 3. The van der Waals surface area contributed by atoms with Crippen LogP contribution in [0.2, 0.25) is 4.34 Å². The van der Waals surface area contributed by atoms with Crippen LogP contribution in [-0.4, -0.2) is 13.1 Å². The van der Waals surface area contributed by atoms with Crippen molar-refractivity contribution in [3.8, 4) is 0 Å². The molecule has 21 heavy (non-hydrogen) atoms. The molecule has 2 aromatic rings. The maximum atomic E-state index is 6.13. The average Bonchev–Trinajstić information content (AvgIpc) is 3.19. The molecule has 0 spiro atoms. The van der Waals surface area contributed by atoms with Crippen LogP contribution in [0.15, 0.2) is 30.3 Å². The molecule has 1 aromatic heterocycles. The van der Waals surface area contributed by atoms with E-state index in [1.807, 2.05) is 0 Å². The lowest BCUT2D eigenvalue weighted by Gasteiger charge is -2.19. The van der Waals surface area contributed by atoms with Crippen molar-refractivity contribution in [3.05, 3.63) is 45.1 Å². The number of anilines is 2. The standard InChI is InChI=1S/C17H19ClN2S/c18-17-11-14-15(7-8-16(14)21-17)19-12-3-5-13(6-4-12)20-9-1-2-10-20/h3-6,11,15,19H,1-2,7-10H2. The van der Waals surface area contributed by atoms with Crippen molar-refractivity contribution in [2.45, 2.75) is 31.7 Å². The van der Waals surface area contributed by atoms with Crippen molar-refractivity contribution in [2.24, 2.45) is 0 Å². The molecule has 0 radical (unpaired) electrons. The van der Waals surface area contributed by atoms with Crippen molar-refractivity contribution in [1.29, 1.82) is 0 Å². The molecule has 1 atom stereocenters. The number of rotatable bonds is 3. The summed E-state index contributed by atoms with van der Waals surface area (Å²) in [5.74, 6) is 0. The van der Waals surface area contributed by atoms with Crippen LogP contribution in [0.5, 0.6) is 0 Å². The van der Waals surface area contributed by atoms with Crippen LogP contribution in [0.25, 0.3) is 0 Å². The Kier molecular flexibility index (Phi) is 3.56. The lowest BCUT2D eigenvalue weighted by atomic mass is 10.1. The van der Waals surface area contributed by atoms with E-state index in [1.54, 1.807) is 11.3 Å². The summed E-state index contributed by atoms with van der Waals surface area (Å²) in [4.78, 5) is 3.92. The van der Waals surface area contributed by atoms with Gasteiger partial charge in [-0.1, -0.05) is 11.6 Å². The van der Waals surface area contributed by atoms with Crippen LogP contribution in [-0.2, 0) is 6.42 Å². The molecule has 1 unspecified atom stereocenters.